The fourth-order valence-corrected chi connectivity index (χ4v) is 3.30. The van der Waals surface area contributed by atoms with Crippen molar-refractivity contribution in [2.45, 2.75) is 39.9 Å². The van der Waals surface area contributed by atoms with Gasteiger partial charge in [0.2, 0.25) is 0 Å². The third kappa shape index (κ3) is 5.36. The van der Waals surface area contributed by atoms with Crippen molar-refractivity contribution in [1.82, 2.24) is 30.0 Å². The lowest BCUT2D eigenvalue weighted by Gasteiger charge is -2.15. The predicted octanol–water partition coefficient (Wildman–Crippen LogP) is 3.36. The van der Waals surface area contributed by atoms with Gasteiger partial charge in [-0.2, -0.15) is 0 Å². The van der Waals surface area contributed by atoms with Crippen LogP contribution in [0, 0.1) is 25.5 Å². The molecule has 9 nitrogen and oxygen atoms in total. The first-order chi connectivity index (χ1) is 16.5. The average molecular weight is 501 g/mol. The van der Waals surface area contributed by atoms with E-state index in [2.05, 4.69) is 30.0 Å². The smallest absolute Gasteiger partial charge is 0.370 e. The molecule has 0 fully saturated rings. The van der Waals surface area contributed by atoms with Crippen LogP contribution in [0.1, 0.15) is 36.8 Å². The minimum absolute atomic E-state index is 0.0245. The lowest BCUT2D eigenvalue weighted by molar-refractivity contribution is -0.669. The van der Waals surface area contributed by atoms with Crippen molar-refractivity contribution >= 4 is 11.6 Å². The zero-order valence-electron chi connectivity index (χ0n) is 19.3. The minimum Gasteiger partial charge on any atom is -0.451 e. The molecule has 12 heteroatoms. The third-order valence-electron chi connectivity index (χ3n) is 4.93. The normalized spacial score (nSPS) is 11.5. The van der Waals surface area contributed by atoms with E-state index < -0.39 is 17.2 Å². The summed E-state index contributed by atoms with van der Waals surface area (Å²) in [4.78, 5) is 21.0. The van der Waals surface area contributed by atoms with Gasteiger partial charge in [0.05, 0.1) is 17.6 Å². The van der Waals surface area contributed by atoms with Gasteiger partial charge in [-0.1, -0.05) is 21.4 Å². The Morgan fingerprint density at radius 1 is 1.06 bits per heavy atom. The third-order valence-corrected chi connectivity index (χ3v) is 5.17. The Bertz CT molecular complexity index is 1410. The number of aryl methyl sites for hydroxylation is 2. The number of nitrogens with zero attached hydrogens (tertiary/aromatic N) is 7. The molecule has 35 heavy (non-hydrogen) atoms. The number of hydrogen-bond donors (Lipinski definition) is 1. The molecule has 4 rings (SSSR count). The summed E-state index contributed by atoms with van der Waals surface area (Å²) >= 11 is 6.30. The molecule has 0 atom stereocenters. The van der Waals surface area contributed by atoms with Crippen molar-refractivity contribution < 1.29 is 23.3 Å². The molecule has 1 N–H and O–H groups in total. The molecule has 0 spiro atoms. The number of hydrogen-bond acceptors (Lipinski definition) is 8. The van der Waals surface area contributed by atoms with Crippen molar-refractivity contribution in [1.29, 1.82) is 0 Å². The second kappa shape index (κ2) is 9.51. The summed E-state index contributed by atoms with van der Waals surface area (Å²) in [5.74, 6) is -0.958. The van der Waals surface area contributed by atoms with Gasteiger partial charge in [0.15, 0.2) is 17.3 Å². The summed E-state index contributed by atoms with van der Waals surface area (Å²) < 4.78 is 33.9. The number of aliphatic hydroxyl groups is 1. The van der Waals surface area contributed by atoms with E-state index in [1.165, 1.54) is 4.68 Å². The monoisotopic (exact) mass is 500 g/mol. The molecule has 0 aliphatic rings. The summed E-state index contributed by atoms with van der Waals surface area (Å²) in [6.45, 7) is 6.44. The molecule has 0 unspecified atom stereocenters. The van der Waals surface area contributed by atoms with Crippen LogP contribution >= 0.6 is 11.6 Å². The van der Waals surface area contributed by atoms with Crippen LogP contribution in [0.25, 0.3) is 17.1 Å². The topological polar surface area (TPSA) is 111 Å². The van der Waals surface area contributed by atoms with Crippen molar-refractivity contribution in [3.63, 3.8) is 0 Å². The summed E-state index contributed by atoms with van der Waals surface area (Å²) in [6, 6.07) is 4.17. The van der Waals surface area contributed by atoms with Crippen LogP contribution in [0.15, 0.2) is 36.8 Å². The highest BCUT2D eigenvalue weighted by Gasteiger charge is 2.24. The quantitative estimate of drug-likeness (QED) is 0.401. The zero-order valence-corrected chi connectivity index (χ0v) is 20.0. The van der Waals surface area contributed by atoms with E-state index in [9.17, 15) is 13.9 Å². The molecule has 4 aromatic rings. The highest BCUT2D eigenvalue weighted by molar-refractivity contribution is 6.30. The SMILES string of the molecule is Cc1cnc(-c2ccnc(C(C)(C)O)n2)cc1-[n+]1nc(Cl)c(OCc2ncc(F)cc2F)nc1C. The lowest BCUT2D eigenvalue weighted by Crippen LogP contribution is -2.41. The van der Waals surface area contributed by atoms with Crippen LogP contribution in [0.5, 0.6) is 5.88 Å². The molecule has 4 aromatic heterocycles. The maximum absolute atomic E-state index is 13.8. The maximum Gasteiger partial charge on any atom is 0.370 e. The first-order valence-corrected chi connectivity index (χ1v) is 10.8. The van der Waals surface area contributed by atoms with E-state index in [1.54, 1.807) is 45.3 Å². The van der Waals surface area contributed by atoms with Gasteiger partial charge in [0, 0.05) is 37.0 Å². The first-order valence-electron chi connectivity index (χ1n) is 10.5. The maximum atomic E-state index is 13.8. The number of rotatable bonds is 6. The predicted molar refractivity (Wildman–Crippen MR) is 121 cm³/mol. The number of ether oxygens (including phenoxy) is 1. The van der Waals surface area contributed by atoms with Gasteiger partial charge < -0.3 is 9.84 Å². The van der Waals surface area contributed by atoms with Gasteiger partial charge >= 0.3 is 11.7 Å². The highest BCUT2D eigenvalue weighted by Crippen LogP contribution is 2.23. The van der Waals surface area contributed by atoms with Crippen LogP contribution in [0.2, 0.25) is 5.15 Å². The van der Waals surface area contributed by atoms with Crippen LogP contribution in [-0.4, -0.2) is 35.1 Å². The van der Waals surface area contributed by atoms with Gasteiger partial charge in [-0.15, -0.1) is 0 Å². The van der Waals surface area contributed by atoms with E-state index in [0.29, 0.717) is 22.9 Å². The van der Waals surface area contributed by atoms with Gasteiger partial charge in [-0.3, -0.25) is 9.97 Å². The molecule has 0 amide bonds. The van der Waals surface area contributed by atoms with Gasteiger partial charge in [-0.25, -0.2) is 18.7 Å². The van der Waals surface area contributed by atoms with Crippen LogP contribution < -0.4 is 9.42 Å². The fourth-order valence-electron chi connectivity index (χ4n) is 3.13. The molecular weight excluding hydrogens is 480 g/mol. The molecule has 0 aliphatic heterocycles. The van der Waals surface area contributed by atoms with Crippen LogP contribution in [0.3, 0.4) is 0 Å². The molecule has 4 heterocycles. The second-order valence-corrected chi connectivity index (χ2v) is 8.58. The van der Waals surface area contributed by atoms with Crippen molar-refractivity contribution in [2.24, 2.45) is 0 Å². The van der Waals surface area contributed by atoms with Crippen LogP contribution in [-0.2, 0) is 12.2 Å². The zero-order chi connectivity index (χ0) is 25.3. The van der Waals surface area contributed by atoms with E-state index >= 15 is 0 Å². The first kappa shape index (κ1) is 24.4. The van der Waals surface area contributed by atoms with Crippen LogP contribution in [0.4, 0.5) is 8.78 Å². The summed E-state index contributed by atoms with van der Waals surface area (Å²) in [6.07, 6.45) is 4.11. The Kier molecular flexibility index (Phi) is 6.64. The Morgan fingerprint density at radius 3 is 2.54 bits per heavy atom. The molecule has 0 bridgehead atoms. The van der Waals surface area contributed by atoms with Gasteiger partial charge in [-0.05, 0) is 31.8 Å². The molecule has 0 aliphatic carbocycles. The highest BCUT2D eigenvalue weighted by atomic mass is 35.5. The standard InChI is InChI=1S/C23H21ClF2N7O2/c1-12-9-28-17(16-5-6-27-22(31-16)23(3,4)34)8-19(12)33-13(2)30-21(20(24)32-33)35-11-18-15(26)7-14(25)10-29-18/h5-10,34H,11H2,1-4H3/q+1. The number of aromatic nitrogens is 7. The molecular formula is C23H21ClF2N7O2+. The largest absolute Gasteiger partial charge is 0.451 e. The van der Waals surface area contributed by atoms with E-state index in [0.717, 1.165) is 17.8 Å². The van der Waals surface area contributed by atoms with Crippen molar-refractivity contribution in [2.75, 3.05) is 0 Å². The molecule has 180 valence electrons. The molecule has 0 aromatic carbocycles. The van der Waals surface area contributed by atoms with Crippen molar-refractivity contribution in [3.8, 4) is 23.0 Å². The average Bonchev–Trinajstić information content (AvgIpc) is 2.80. The minimum atomic E-state index is -1.21. The van der Waals surface area contributed by atoms with E-state index in [4.69, 9.17) is 16.3 Å². The Labute approximate surface area is 204 Å². The Hall–Kier alpha value is -3.70. The van der Waals surface area contributed by atoms with Gasteiger partial charge in [0.25, 0.3) is 5.15 Å². The number of halogens is 3. The summed E-state index contributed by atoms with van der Waals surface area (Å²) in [5, 5.41) is 14.5. The Morgan fingerprint density at radius 2 is 1.83 bits per heavy atom. The van der Waals surface area contributed by atoms with E-state index in [1.807, 2.05) is 6.92 Å². The summed E-state index contributed by atoms with van der Waals surface area (Å²) in [7, 11) is 0. The lowest BCUT2D eigenvalue weighted by atomic mass is 10.1. The molecule has 0 saturated carbocycles. The Balaban J connectivity index is 1.66. The number of pyridine rings is 2. The van der Waals surface area contributed by atoms with E-state index in [-0.39, 0.29) is 29.2 Å². The second-order valence-electron chi connectivity index (χ2n) is 8.22. The summed E-state index contributed by atoms with van der Waals surface area (Å²) in [5.41, 5.74) is 1.17. The molecule has 0 radical (unpaired) electrons. The van der Waals surface area contributed by atoms with Crippen molar-refractivity contribution in [3.05, 3.63) is 76.5 Å². The molecule has 0 saturated heterocycles. The van der Waals surface area contributed by atoms with Gasteiger partial charge in [0.1, 0.15) is 23.7 Å². The fraction of sp³-hybridized carbons (Fsp3) is 0.261.